The van der Waals surface area contributed by atoms with Crippen molar-refractivity contribution in [1.29, 1.82) is 0 Å². The molecule has 0 unspecified atom stereocenters. The lowest BCUT2D eigenvalue weighted by Gasteiger charge is -2.21. The molecule has 0 amide bonds. The number of aliphatic hydroxyl groups is 1. The maximum atomic E-state index is 10.4. The molecule has 1 aliphatic rings. The fourth-order valence-corrected chi connectivity index (χ4v) is 2.88. The normalized spacial score (nSPS) is 24.9. The molecule has 2 atom stereocenters. The van der Waals surface area contributed by atoms with Crippen molar-refractivity contribution in [3.05, 3.63) is 12.7 Å². The minimum atomic E-state index is -0.389. The van der Waals surface area contributed by atoms with Crippen molar-refractivity contribution in [2.24, 2.45) is 0 Å². The number of anilines is 1. The minimum Gasteiger partial charge on any atom is -0.391 e. The van der Waals surface area contributed by atoms with E-state index in [0.717, 1.165) is 32.5 Å². The molecular formula is C13H20N6O. The highest BCUT2D eigenvalue weighted by molar-refractivity contribution is 5.81. The SMILES string of the molecule is CCN1CC[C@H](O)[C@@H](n2cnc3c(N)ncnc32)CC1. The Hall–Kier alpha value is -1.73. The van der Waals surface area contributed by atoms with Gasteiger partial charge in [-0.15, -0.1) is 0 Å². The van der Waals surface area contributed by atoms with Crippen LogP contribution in [0.4, 0.5) is 5.82 Å². The molecule has 0 radical (unpaired) electrons. The lowest BCUT2D eigenvalue weighted by Crippen LogP contribution is -2.24. The highest BCUT2D eigenvalue weighted by Gasteiger charge is 2.27. The Balaban J connectivity index is 1.95. The monoisotopic (exact) mass is 276 g/mol. The van der Waals surface area contributed by atoms with E-state index in [1.165, 1.54) is 6.33 Å². The van der Waals surface area contributed by atoms with Gasteiger partial charge in [0.1, 0.15) is 11.8 Å². The number of imidazole rings is 1. The van der Waals surface area contributed by atoms with E-state index in [1.807, 2.05) is 4.57 Å². The quantitative estimate of drug-likeness (QED) is 0.826. The van der Waals surface area contributed by atoms with Gasteiger partial charge in [-0.3, -0.25) is 0 Å². The summed E-state index contributed by atoms with van der Waals surface area (Å²) in [5, 5.41) is 10.4. The molecule has 0 saturated carbocycles. The van der Waals surface area contributed by atoms with Crippen LogP contribution in [0.5, 0.6) is 0 Å². The molecule has 3 N–H and O–H groups in total. The fourth-order valence-electron chi connectivity index (χ4n) is 2.88. The summed E-state index contributed by atoms with van der Waals surface area (Å²) in [6, 6.07) is -0.00847. The number of hydrogen-bond donors (Lipinski definition) is 2. The highest BCUT2D eigenvalue weighted by atomic mass is 16.3. The predicted molar refractivity (Wildman–Crippen MR) is 76.1 cm³/mol. The summed E-state index contributed by atoms with van der Waals surface area (Å²) in [5.74, 6) is 0.382. The van der Waals surface area contributed by atoms with Gasteiger partial charge in [0.2, 0.25) is 0 Å². The summed E-state index contributed by atoms with van der Waals surface area (Å²) >= 11 is 0. The van der Waals surface area contributed by atoms with Crippen LogP contribution in [0.15, 0.2) is 12.7 Å². The largest absolute Gasteiger partial charge is 0.391 e. The van der Waals surface area contributed by atoms with E-state index in [0.29, 0.717) is 17.0 Å². The van der Waals surface area contributed by atoms with Crippen molar-refractivity contribution >= 4 is 17.0 Å². The van der Waals surface area contributed by atoms with Crippen molar-refractivity contribution in [2.75, 3.05) is 25.4 Å². The number of nitrogens with two attached hydrogens (primary N) is 1. The Morgan fingerprint density at radius 2 is 2.10 bits per heavy atom. The van der Waals surface area contributed by atoms with E-state index in [2.05, 4.69) is 26.8 Å². The Kier molecular flexibility index (Phi) is 3.54. The molecule has 0 aliphatic carbocycles. The molecule has 1 fully saturated rings. The summed E-state index contributed by atoms with van der Waals surface area (Å²) in [6.07, 6.45) is 4.41. The maximum Gasteiger partial charge on any atom is 0.165 e. The highest BCUT2D eigenvalue weighted by Crippen LogP contribution is 2.27. The van der Waals surface area contributed by atoms with Crippen molar-refractivity contribution in [3.63, 3.8) is 0 Å². The van der Waals surface area contributed by atoms with Gasteiger partial charge < -0.3 is 20.3 Å². The molecular weight excluding hydrogens is 256 g/mol. The number of likely N-dealkylation sites (tertiary alicyclic amines) is 1. The van der Waals surface area contributed by atoms with Gasteiger partial charge in [0.15, 0.2) is 11.5 Å². The molecule has 0 bridgehead atoms. The van der Waals surface area contributed by atoms with Crippen LogP contribution in [0.3, 0.4) is 0 Å². The lowest BCUT2D eigenvalue weighted by molar-refractivity contribution is 0.109. The number of aromatic nitrogens is 4. The second-order valence-corrected chi connectivity index (χ2v) is 5.23. The van der Waals surface area contributed by atoms with E-state index in [1.54, 1.807) is 6.33 Å². The Labute approximate surface area is 117 Å². The van der Waals surface area contributed by atoms with Crippen LogP contribution < -0.4 is 5.73 Å². The van der Waals surface area contributed by atoms with Gasteiger partial charge in [-0.2, -0.15) is 0 Å². The van der Waals surface area contributed by atoms with Gasteiger partial charge >= 0.3 is 0 Å². The molecule has 108 valence electrons. The molecule has 2 aromatic heterocycles. The molecule has 7 nitrogen and oxygen atoms in total. The van der Waals surface area contributed by atoms with Crippen LogP contribution in [-0.2, 0) is 0 Å². The average molecular weight is 276 g/mol. The van der Waals surface area contributed by atoms with E-state index in [4.69, 9.17) is 5.73 Å². The maximum absolute atomic E-state index is 10.4. The van der Waals surface area contributed by atoms with Crippen molar-refractivity contribution in [3.8, 4) is 0 Å². The van der Waals surface area contributed by atoms with E-state index < -0.39 is 0 Å². The van der Waals surface area contributed by atoms with Crippen LogP contribution >= 0.6 is 0 Å². The first-order chi connectivity index (χ1) is 9.70. The summed E-state index contributed by atoms with van der Waals surface area (Å²) in [5.41, 5.74) is 7.12. The smallest absolute Gasteiger partial charge is 0.165 e. The van der Waals surface area contributed by atoms with E-state index >= 15 is 0 Å². The average Bonchev–Trinajstić information content (AvgIpc) is 2.79. The molecule has 3 heterocycles. The molecule has 0 aromatic carbocycles. The number of hydrogen-bond acceptors (Lipinski definition) is 6. The van der Waals surface area contributed by atoms with Crippen molar-refractivity contribution < 1.29 is 5.11 Å². The van der Waals surface area contributed by atoms with Gasteiger partial charge in [-0.1, -0.05) is 6.92 Å². The van der Waals surface area contributed by atoms with Crippen molar-refractivity contribution in [2.45, 2.75) is 31.9 Å². The summed E-state index contributed by atoms with van der Waals surface area (Å²) < 4.78 is 1.94. The van der Waals surface area contributed by atoms with Crippen LogP contribution in [0.2, 0.25) is 0 Å². The van der Waals surface area contributed by atoms with Gasteiger partial charge in [0.25, 0.3) is 0 Å². The number of nitrogen functional groups attached to an aromatic ring is 1. The summed E-state index contributed by atoms with van der Waals surface area (Å²) in [7, 11) is 0. The molecule has 20 heavy (non-hydrogen) atoms. The zero-order valence-corrected chi connectivity index (χ0v) is 11.6. The lowest BCUT2D eigenvalue weighted by atomic mass is 10.1. The molecule has 1 aliphatic heterocycles. The van der Waals surface area contributed by atoms with E-state index in [-0.39, 0.29) is 12.1 Å². The third-order valence-electron chi connectivity index (χ3n) is 4.12. The van der Waals surface area contributed by atoms with Gasteiger partial charge in [-0.05, 0) is 19.4 Å². The predicted octanol–water partition coefficient (Wildman–Crippen LogP) is 0.426. The second kappa shape index (κ2) is 5.34. The Morgan fingerprint density at radius 3 is 2.90 bits per heavy atom. The third-order valence-corrected chi connectivity index (χ3v) is 4.12. The molecule has 2 aromatic rings. The Bertz CT molecular complexity index is 598. The first kappa shape index (κ1) is 13.3. The third kappa shape index (κ3) is 2.23. The Morgan fingerprint density at radius 1 is 1.30 bits per heavy atom. The molecule has 3 rings (SSSR count). The molecule has 7 heteroatoms. The van der Waals surface area contributed by atoms with Gasteiger partial charge in [-0.25, -0.2) is 15.0 Å². The number of fused-ring (bicyclic) bond motifs is 1. The van der Waals surface area contributed by atoms with Gasteiger partial charge in [0.05, 0.1) is 18.5 Å². The van der Waals surface area contributed by atoms with Gasteiger partial charge in [0, 0.05) is 13.1 Å². The zero-order valence-electron chi connectivity index (χ0n) is 11.6. The van der Waals surface area contributed by atoms with E-state index in [9.17, 15) is 5.11 Å². The number of nitrogens with zero attached hydrogens (tertiary/aromatic N) is 5. The van der Waals surface area contributed by atoms with Crippen LogP contribution in [-0.4, -0.2) is 55.3 Å². The first-order valence-electron chi connectivity index (χ1n) is 7.04. The number of rotatable bonds is 2. The minimum absolute atomic E-state index is 0.00847. The standard InChI is InChI=1S/C13H20N6O/c1-2-18-5-3-9(10(20)4-6-18)19-8-17-11-12(14)15-7-16-13(11)19/h7-10,20H,2-6H2,1H3,(H2,14,15,16)/t9-,10-/m0/s1. The second-order valence-electron chi connectivity index (χ2n) is 5.23. The van der Waals surface area contributed by atoms with Crippen molar-refractivity contribution in [1.82, 2.24) is 24.4 Å². The fraction of sp³-hybridized carbons (Fsp3) is 0.615. The summed E-state index contributed by atoms with van der Waals surface area (Å²) in [4.78, 5) is 14.9. The molecule has 1 saturated heterocycles. The van der Waals surface area contributed by atoms with Crippen LogP contribution in [0.25, 0.3) is 11.2 Å². The first-order valence-corrected chi connectivity index (χ1v) is 7.04. The van der Waals surface area contributed by atoms with Crippen LogP contribution in [0.1, 0.15) is 25.8 Å². The summed E-state index contributed by atoms with van der Waals surface area (Å²) in [6.45, 7) is 5.06. The zero-order chi connectivity index (χ0) is 14.1. The number of aliphatic hydroxyl groups excluding tert-OH is 1. The molecule has 0 spiro atoms. The topological polar surface area (TPSA) is 93.1 Å². The van der Waals surface area contributed by atoms with Crippen LogP contribution in [0, 0.1) is 0 Å².